The molecule has 1 aliphatic heterocycles. The summed E-state index contributed by atoms with van der Waals surface area (Å²) in [5.74, 6) is -0.414. The Morgan fingerprint density at radius 1 is 1.28 bits per heavy atom. The molecule has 10 heteroatoms. The van der Waals surface area contributed by atoms with E-state index in [-0.39, 0.29) is 19.5 Å². The van der Waals surface area contributed by atoms with Crippen LogP contribution >= 0.6 is 0 Å². The van der Waals surface area contributed by atoms with Gasteiger partial charge in [-0.1, -0.05) is 0 Å². The molecule has 1 aliphatic rings. The smallest absolute Gasteiger partial charge is 0.411 e. The van der Waals surface area contributed by atoms with Crippen molar-refractivity contribution < 1.29 is 23.8 Å². The molecule has 2 atom stereocenters. The van der Waals surface area contributed by atoms with Gasteiger partial charge < -0.3 is 15.2 Å². The van der Waals surface area contributed by atoms with Crippen LogP contribution in [0.2, 0.25) is 0 Å². The van der Waals surface area contributed by atoms with E-state index in [0.29, 0.717) is 22.6 Å². The first-order valence-electron chi connectivity index (χ1n) is 10.3. The van der Waals surface area contributed by atoms with Crippen molar-refractivity contribution in [3.05, 3.63) is 42.1 Å². The van der Waals surface area contributed by atoms with Gasteiger partial charge in [0.2, 0.25) is 5.91 Å². The minimum absolute atomic E-state index is 0.000466. The van der Waals surface area contributed by atoms with Crippen molar-refractivity contribution in [2.24, 2.45) is 0 Å². The fourth-order valence-corrected chi connectivity index (χ4v) is 3.42. The van der Waals surface area contributed by atoms with E-state index >= 15 is 0 Å². The molecule has 2 N–H and O–H groups in total. The van der Waals surface area contributed by atoms with Crippen molar-refractivity contribution in [3.8, 4) is 11.3 Å². The number of amides is 2. The van der Waals surface area contributed by atoms with Crippen LogP contribution in [-0.4, -0.2) is 60.7 Å². The zero-order valence-electron chi connectivity index (χ0n) is 18.6. The number of carbonyl (C=O) groups is 2. The Hall–Kier alpha value is -3.14. The predicted octanol–water partition coefficient (Wildman–Crippen LogP) is 2.38. The van der Waals surface area contributed by atoms with Crippen molar-refractivity contribution >= 4 is 12.0 Å². The number of aromatic nitrogens is 3. The van der Waals surface area contributed by atoms with E-state index in [0.717, 1.165) is 0 Å². The third-order valence-electron chi connectivity index (χ3n) is 4.88. The van der Waals surface area contributed by atoms with Gasteiger partial charge in [0.05, 0.1) is 35.8 Å². The first-order valence-corrected chi connectivity index (χ1v) is 10.3. The summed E-state index contributed by atoms with van der Waals surface area (Å²) in [5.41, 5.74) is 0.242. The first-order chi connectivity index (χ1) is 15.0. The third kappa shape index (κ3) is 5.97. The van der Waals surface area contributed by atoms with Gasteiger partial charge >= 0.3 is 6.09 Å². The van der Waals surface area contributed by atoms with Crippen LogP contribution in [0.3, 0.4) is 0 Å². The van der Waals surface area contributed by atoms with Gasteiger partial charge in [0.1, 0.15) is 24.6 Å². The average Bonchev–Trinajstić information content (AvgIpc) is 3.07. The number of β-amino-alcohol motifs (C(OH)–C–C–N with tert-alkyl or cyclic N) is 1. The minimum Gasteiger partial charge on any atom is -0.444 e. The summed E-state index contributed by atoms with van der Waals surface area (Å²) >= 11 is 0. The van der Waals surface area contributed by atoms with Gasteiger partial charge in [-0.3, -0.25) is 14.7 Å². The maximum absolute atomic E-state index is 12.9. The van der Waals surface area contributed by atoms with Crippen molar-refractivity contribution in [2.75, 3.05) is 6.54 Å². The largest absolute Gasteiger partial charge is 0.444 e. The molecule has 0 spiro atoms. The molecule has 2 aromatic heterocycles. The predicted molar refractivity (Wildman–Crippen MR) is 114 cm³/mol. The summed E-state index contributed by atoms with van der Waals surface area (Å²) in [6.07, 6.45) is 2.34. The number of hydrogen-bond donors (Lipinski definition) is 2. The molecular weight excluding hydrogens is 417 g/mol. The number of halogens is 1. The lowest BCUT2D eigenvalue weighted by molar-refractivity contribution is -0.125. The summed E-state index contributed by atoms with van der Waals surface area (Å²) in [6.45, 7) is 6.25. The Bertz CT molecular complexity index is 975. The van der Waals surface area contributed by atoms with E-state index in [2.05, 4.69) is 20.3 Å². The van der Waals surface area contributed by atoms with Crippen LogP contribution in [0.1, 0.15) is 45.5 Å². The molecule has 1 unspecified atom stereocenters. The lowest BCUT2D eigenvalue weighted by Crippen LogP contribution is -2.47. The van der Waals surface area contributed by atoms with E-state index in [4.69, 9.17) is 4.74 Å². The van der Waals surface area contributed by atoms with E-state index in [9.17, 15) is 19.1 Å². The summed E-state index contributed by atoms with van der Waals surface area (Å²) in [6, 6.07) is 4.13. The topological polar surface area (TPSA) is 118 Å². The molecule has 0 bridgehead atoms. The molecule has 0 radical (unpaired) electrons. The number of rotatable bonds is 5. The summed E-state index contributed by atoms with van der Waals surface area (Å²) < 4.78 is 18.0. The maximum atomic E-state index is 12.9. The van der Waals surface area contributed by atoms with Crippen molar-refractivity contribution in [1.82, 2.24) is 25.2 Å². The Morgan fingerprint density at radius 3 is 2.66 bits per heavy atom. The molecule has 0 saturated carbocycles. The van der Waals surface area contributed by atoms with E-state index in [1.165, 1.54) is 17.4 Å². The first kappa shape index (κ1) is 23.5. The molecule has 0 aliphatic carbocycles. The number of nitrogens with zero attached hydrogens (tertiary/aromatic N) is 4. The molecule has 172 valence electrons. The van der Waals surface area contributed by atoms with Crippen LogP contribution in [0.15, 0.2) is 30.7 Å². The summed E-state index contributed by atoms with van der Waals surface area (Å²) in [7, 11) is 0. The highest BCUT2D eigenvalue weighted by Gasteiger charge is 2.46. The van der Waals surface area contributed by atoms with Gasteiger partial charge in [-0.25, -0.2) is 19.2 Å². The van der Waals surface area contributed by atoms with Crippen molar-refractivity contribution in [3.63, 3.8) is 0 Å². The fourth-order valence-electron chi connectivity index (χ4n) is 3.42. The van der Waals surface area contributed by atoms with Crippen LogP contribution in [-0.2, 0) is 22.8 Å². The molecule has 2 amide bonds. The van der Waals surface area contributed by atoms with Crippen LogP contribution < -0.4 is 5.32 Å². The summed E-state index contributed by atoms with van der Waals surface area (Å²) in [4.78, 5) is 39.0. The van der Waals surface area contributed by atoms with E-state index < -0.39 is 35.9 Å². The second-order valence-electron chi connectivity index (χ2n) is 9.11. The van der Waals surface area contributed by atoms with Crippen molar-refractivity contribution in [1.29, 1.82) is 0 Å². The molecule has 0 aromatic carbocycles. The number of carbonyl (C=O) groups excluding carboxylic acids is 2. The molecule has 32 heavy (non-hydrogen) atoms. The maximum Gasteiger partial charge on any atom is 0.411 e. The number of aliphatic hydroxyl groups is 1. The van der Waals surface area contributed by atoms with Gasteiger partial charge in [0.25, 0.3) is 0 Å². The minimum atomic E-state index is -1.19. The Kier molecular flexibility index (Phi) is 6.73. The quantitative estimate of drug-likeness (QED) is 0.726. The second-order valence-corrected chi connectivity index (χ2v) is 9.11. The Labute approximate surface area is 186 Å². The highest BCUT2D eigenvalue weighted by atomic mass is 19.1. The molecule has 2 aromatic rings. The zero-order chi connectivity index (χ0) is 23.5. The van der Waals surface area contributed by atoms with Gasteiger partial charge in [0, 0.05) is 18.2 Å². The van der Waals surface area contributed by atoms with E-state index in [1.54, 1.807) is 45.9 Å². The van der Waals surface area contributed by atoms with Crippen LogP contribution in [0.25, 0.3) is 11.3 Å². The van der Waals surface area contributed by atoms with Gasteiger partial charge in [-0.05, 0) is 45.9 Å². The van der Waals surface area contributed by atoms with Gasteiger partial charge in [-0.15, -0.1) is 0 Å². The molecule has 1 saturated heterocycles. The molecule has 9 nitrogen and oxygen atoms in total. The molecule has 3 heterocycles. The number of alkyl halides is 1. The second kappa shape index (κ2) is 9.15. The van der Waals surface area contributed by atoms with Crippen LogP contribution in [0, 0.1) is 0 Å². The number of hydrogen-bond acceptors (Lipinski definition) is 7. The Morgan fingerprint density at radius 2 is 2.03 bits per heavy atom. The monoisotopic (exact) mass is 445 g/mol. The highest BCUT2D eigenvalue weighted by Crippen LogP contribution is 2.28. The zero-order valence-corrected chi connectivity index (χ0v) is 18.6. The number of nitrogens with one attached hydrogen (secondary N) is 1. The average molecular weight is 445 g/mol. The van der Waals surface area contributed by atoms with Crippen LogP contribution in [0.5, 0.6) is 0 Å². The van der Waals surface area contributed by atoms with Crippen LogP contribution in [0.4, 0.5) is 9.18 Å². The van der Waals surface area contributed by atoms with Gasteiger partial charge in [0.15, 0.2) is 0 Å². The number of pyridine rings is 1. The lowest BCUT2D eigenvalue weighted by Gasteiger charge is -2.28. The van der Waals surface area contributed by atoms with E-state index in [1.807, 2.05) is 0 Å². The molecule has 1 fully saturated rings. The lowest BCUT2D eigenvalue weighted by atomic mass is 10.0. The van der Waals surface area contributed by atoms with Crippen molar-refractivity contribution in [2.45, 2.75) is 64.6 Å². The Balaban J connectivity index is 1.68. The summed E-state index contributed by atoms with van der Waals surface area (Å²) in [5, 5.41) is 13.2. The van der Waals surface area contributed by atoms with Gasteiger partial charge in [-0.2, -0.15) is 0 Å². The number of likely N-dealkylation sites (tertiary alicyclic amines) is 1. The third-order valence-corrected chi connectivity index (χ3v) is 4.88. The SMILES string of the molecule is CC1(O)C[C@@H](C(=O)NCc2cc(-c3ccc(CF)nc3)ncn2)N(C(=O)OC(C)(C)C)C1. The standard InChI is InChI=1S/C22H28FN5O4/c1-21(2,3)32-20(30)28-12-22(4,31)8-18(28)19(29)25-11-16-7-17(27-13-26-16)14-5-6-15(9-23)24-10-14/h5-7,10,13,18,31H,8-9,11-12H2,1-4H3,(H,25,29)/t18-,22?/m0/s1. The highest BCUT2D eigenvalue weighted by molar-refractivity contribution is 5.86. The molecular formula is C22H28FN5O4. The molecule has 3 rings (SSSR count). The number of ether oxygens (including phenoxy) is 1. The normalized spacial score (nSPS) is 20.8. The fraction of sp³-hybridized carbons (Fsp3) is 0.500.